The van der Waals surface area contributed by atoms with Crippen LogP contribution in [-0.4, -0.2) is 23.1 Å². The molecule has 4 nitrogen and oxygen atoms in total. The minimum atomic E-state index is 0.597. The molecule has 0 saturated carbocycles. The van der Waals surface area contributed by atoms with Crippen molar-refractivity contribution in [3.05, 3.63) is 60.2 Å². The van der Waals surface area contributed by atoms with E-state index in [2.05, 4.69) is 39.6 Å². The number of nitrogens with one attached hydrogen (secondary N) is 2. The molecule has 1 heterocycles. The van der Waals surface area contributed by atoms with Crippen molar-refractivity contribution in [3.8, 4) is 6.01 Å². The molecule has 0 bridgehead atoms. The molecule has 0 spiro atoms. The number of fused-ring (bicyclic) bond motifs is 1. The lowest BCUT2D eigenvalue weighted by molar-refractivity contribution is 0.288. The van der Waals surface area contributed by atoms with E-state index in [1.807, 2.05) is 30.3 Å². The highest BCUT2D eigenvalue weighted by atomic mass is 16.5. The predicted octanol–water partition coefficient (Wildman–Crippen LogP) is 3.12. The van der Waals surface area contributed by atoms with Crippen molar-refractivity contribution in [2.75, 3.05) is 13.2 Å². The number of imidazole rings is 1. The molecule has 3 aromatic rings. The lowest BCUT2D eigenvalue weighted by atomic mass is 10.2. The number of aromatic nitrogens is 2. The van der Waals surface area contributed by atoms with Gasteiger partial charge in [0.2, 0.25) is 0 Å². The van der Waals surface area contributed by atoms with E-state index in [-0.39, 0.29) is 0 Å². The first-order chi connectivity index (χ1) is 10.4. The molecule has 0 fully saturated rings. The van der Waals surface area contributed by atoms with Gasteiger partial charge in [0.05, 0.1) is 17.6 Å². The van der Waals surface area contributed by atoms with E-state index in [4.69, 9.17) is 4.74 Å². The highest BCUT2D eigenvalue weighted by Crippen LogP contribution is 2.14. The Kier molecular flexibility index (Phi) is 4.49. The van der Waals surface area contributed by atoms with Crippen LogP contribution in [0.5, 0.6) is 6.01 Å². The van der Waals surface area contributed by atoms with Gasteiger partial charge in [0.15, 0.2) is 0 Å². The Morgan fingerprint density at radius 3 is 2.67 bits per heavy atom. The smallest absolute Gasteiger partial charge is 0.294 e. The van der Waals surface area contributed by atoms with Gasteiger partial charge in [0, 0.05) is 6.54 Å². The average molecular weight is 281 g/mol. The van der Waals surface area contributed by atoms with Crippen LogP contribution in [0, 0.1) is 0 Å². The quantitative estimate of drug-likeness (QED) is 0.654. The molecule has 2 aromatic carbocycles. The van der Waals surface area contributed by atoms with E-state index in [1.54, 1.807) is 0 Å². The SMILES string of the molecule is c1ccc(CNCCCOc2nc3ccccc3[nH]2)cc1. The molecule has 1 aromatic heterocycles. The van der Waals surface area contributed by atoms with Crippen LogP contribution in [0.1, 0.15) is 12.0 Å². The topological polar surface area (TPSA) is 49.9 Å². The molecular weight excluding hydrogens is 262 g/mol. The maximum Gasteiger partial charge on any atom is 0.294 e. The minimum Gasteiger partial charge on any atom is -0.465 e. The van der Waals surface area contributed by atoms with Crippen molar-refractivity contribution < 1.29 is 4.74 Å². The number of hydrogen-bond acceptors (Lipinski definition) is 3. The fourth-order valence-corrected chi connectivity index (χ4v) is 2.19. The standard InChI is InChI=1S/C17H19N3O/c1-2-7-14(8-3-1)13-18-11-6-12-21-17-19-15-9-4-5-10-16(15)20-17/h1-5,7-10,18H,6,11-13H2,(H,19,20). The van der Waals surface area contributed by atoms with Crippen LogP contribution < -0.4 is 10.1 Å². The summed E-state index contributed by atoms with van der Waals surface area (Å²) < 4.78 is 5.64. The Morgan fingerprint density at radius 1 is 1.00 bits per heavy atom. The number of aromatic amines is 1. The second-order valence-corrected chi connectivity index (χ2v) is 4.92. The summed E-state index contributed by atoms with van der Waals surface area (Å²) in [6, 6.07) is 18.9. The van der Waals surface area contributed by atoms with Gasteiger partial charge in [-0.1, -0.05) is 42.5 Å². The summed E-state index contributed by atoms with van der Waals surface area (Å²) in [7, 11) is 0. The van der Waals surface area contributed by atoms with Crippen LogP contribution in [0.15, 0.2) is 54.6 Å². The Bertz CT molecular complexity index is 646. The van der Waals surface area contributed by atoms with Crippen molar-refractivity contribution in [2.45, 2.75) is 13.0 Å². The zero-order valence-electron chi connectivity index (χ0n) is 11.9. The summed E-state index contributed by atoms with van der Waals surface area (Å²) in [5, 5.41) is 3.40. The summed E-state index contributed by atoms with van der Waals surface area (Å²) in [6.45, 7) is 2.47. The Hall–Kier alpha value is -2.33. The number of rotatable bonds is 7. The summed E-state index contributed by atoms with van der Waals surface area (Å²) in [5.74, 6) is 0. The van der Waals surface area contributed by atoms with Gasteiger partial charge in [-0.3, -0.25) is 0 Å². The van der Waals surface area contributed by atoms with Gasteiger partial charge in [-0.15, -0.1) is 0 Å². The van der Waals surface area contributed by atoms with E-state index in [0.29, 0.717) is 12.6 Å². The number of benzene rings is 2. The second-order valence-electron chi connectivity index (χ2n) is 4.92. The first-order valence-electron chi connectivity index (χ1n) is 7.24. The maximum absolute atomic E-state index is 5.64. The Balaban J connectivity index is 1.36. The fraction of sp³-hybridized carbons (Fsp3) is 0.235. The molecule has 0 atom stereocenters. The number of hydrogen-bond donors (Lipinski definition) is 2. The van der Waals surface area contributed by atoms with Crippen molar-refractivity contribution in [2.24, 2.45) is 0 Å². The maximum atomic E-state index is 5.64. The average Bonchev–Trinajstić information content (AvgIpc) is 2.94. The van der Waals surface area contributed by atoms with E-state index >= 15 is 0 Å². The highest BCUT2D eigenvalue weighted by Gasteiger charge is 2.01. The predicted molar refractivity (Wildman–Crippen MR) is 84.4 cm³/mol. The molecule has 2 N–H and O–H groups in total. The van der Waals surface area contributed by atoms with Crippen molar-refractivity contribution in [1.29, 1.82) is 0 Å². The number of nitrogens with zero attached hydrogens (tertiary/aromatic N) is 1. The monoisotopic (exact) mass is 281 g/mol. The van der Waals surface area contributed by atoms with Gasteiger partial charge < -0.3 is 15.0 Å². The normalized spacial score (nSPS) is 10.9. The van der Waals surface area contributed by atoms with Gasteiger partial charge >= 0.3 is 0 Å². The van der Waals surface area contributed by atoms with Crippen LogP contribution in [0.3, 0.4) is 0 Å². The lowest BCUT2D eigenvalue weighted by Crippen LogP contribution is -2.17. The van der Waals surface area contributed by atoms with Crippen LogP contribution in [0.4, 0.5) is 0 Å². The second kappa shape index (κ2) is 6.90. The molecule has 3 rings (SSSR count). The van der Waals surface area contributed by atoms with Gasteiger partial charge in [-0.25, -0.2) is 0 Å². The van der Waals surface area contributed by atoms with Crippen molar-refractivity contribution in [1.82, 2.24) is 15.3 Å². The highest BCUT2D eigenvalue weighted by molar-refractivity contribution is 5.75. The van der Waals surface area contributed by atoms with Gasteiger partial charge in [0.1, 0.15) is 0 Å². The molecule has 21 heavy (non-hydrogen) atoms. The molecule has 0 aliphatic carbocycles. The van der Waals surface area contributed by atoms with E-state index in [0.717, 1.165) is 30.5 Å². The molecule has 0 aliphatic heterocycles. The number of para-hydroxylation sites is 2. The number of ether oxygens (including phenoxy) is 1. The van der Waals surface area contributed by atoms with Crippen molar-refractivity contribution >= 4 is 11.0 Å². The van der Waals surface area contributed by atoms with Crippen LogP contribution in [-0.2, 0) is 6.54 Å². The Morgan fingerprint density at radius 2 is 1.81 bits per heavy atom. The molecule has 0 amide bonds. The summed E-state index contributed by atoms with van der Waals surface area (Å²) in [6.07, 6.45) is 0.948. The molecule has 0 saturated heterocycles. The third-order valence-electron chi connectivity index (χ3n) is 3.28. The van der Waals surface area contributed by atoms with E-state index in [1.165, 1.54) is 5.56 Å². The van der Waals surface area contributed by atoms with Crippen LogP contribution in [0.2, 0.25) is 0 Å². The molecule has 0 unspecified atom stereocenters. The third kappa shape index (κ3) is 3.83. The summed E-state index contributed by atoms with van der Waals surface area (Å²) in [5.41, 5.74) is 3.25. The Labute approximate surface area is 124 Å². The molecule has 0 aliphatic rings. The van der Waals surface area contributed by atoms with Gasteiger partial charge in [-0.2, -0.15) is 4.98 Å². The molecule has 108 valence electrons. The summed E-state index contributed by atoms with van der Waals surface area (Å²) in [4.78, 5) is 7.54. The van der Waals surface area contributed by atoms with Crippen LogP contribution >= 0.6 is 0 Å². The molecule has 0 radical (unpaired) electrons. The fourth-order valence-electron chi connectivity index (χ4n) is 2.19. The minimum absolute atomic E-state index is 0.597. The van der Waals surface area contributed by atoms with E-state index < -0.39 is 0 Å². The van der Waals surface area contributed by atoms with Crippen molar-refractivity contribution in [3.63, 3.8) is 0 Å². The first kappa shape index (κ1) is 13.6. The number of H-pyrrole nitrogens is 1. The molecule has 4 heteroatoms. The van der Waals surface area contributed by atoms with Gasteiger partial charge in [0.25, 0.3) is 6.01 Å². The largest absolute Gasteiger partial charge is 0.465 e. The van der Waals surface area contributed by atoms with Crippen LogP contribution in [0.25, 0.3) is 11.0 Å². The third-order valence-corrected chi connectivity index (χ3v) is 3.28. The zero-order chi connectivity index (χ0) is 14.3. The molecular formula is C17H19N3O. The lowest BCUT2D eigenvalue weighted by Gasteiger charge is -2.05. The zero-order valence-corrected chi connectivity index (χ0v) is 11.9. The first-order valence-corrected chi connectivity index (χ1v) is 7.24. The van der Waals surface area contributed by atoms with E-state index in [9.17, 15) is 0 Å². The summed E-state index contributed by atoms with van der Waals surface area (Å²) >= 11 is 0. The van der Waals surface area contributed by atoms with Gasteiger partial charge in [-0.05, 0) is 30.7 Å².